The maximum atomic E-state index is 12.4. The number of ether oxygens (including phenoxy) is 1. The topological polar surface area (TPSA) is 71.8 Å². The second-order valence-electron chi connectivity index (χ2n) is 6.64. The third-order valence-electron chi connectivity index (χ3n) is 4.09. The fourth-order valence-corrected chi connectivity index (χ4v) is 2.73. The van der Waals surface area contributed by atoms with E-state index in [4.69, 9.17) is 20.8 Å². The van der Waals surface area contributed by atoms with E-state index in [1.807, 2.05) is 31.1 Å². The van der Waals surface area contributed by atoms with Crippen molar-refractivity contribution in [2.75, 3.05) is 32.6 Å². The number of benzene rings is 2. The van der Waals surface area contributed by atoms with Gasteiger partial charge in [0.25, 0.3) is 5.91 Å². The second-order valence-corrected chi connectivity index (χ2v) is 7.08. The van der Waals surface area contributed by atoms with Gasteiger partial charge in [-0.3, -0.25) is 4.79 Å². The molecule has 0 saturated heterocycles. The number of hydrogen-bond donors (Lipinski definition) is 1. The predicted octanol–water partition coefficient (Wildman–Crippen LogP) is 4.57. The number of nitrogens with one attached hydrogen (secondary N) is 1. The second kappa shape index (κ2) is 9.41. The smallest absolute Gasteiger partial charge is 0.338 e. The normalized spacial score (nSPS) is 10.8. The van der Waals surface area contributed by atoms with E-state index in [1.165, 1.54) is 0 Å². The molecule has 0 aliphatic heterocycles. The summed E-state index contributed by atoms with van der Waals surface area (Å²) in [5.41, 5.74) is 1.75. The van der Waals surface area contributed by atoms with Crippen LogP contribution in [-0.2, 0) is 4.74 Å². The van der Waals surface area contributed by atoms with Crippen molar-refractivity contribution in [3.8, 4) is 11.3 Å². The molecule has 0 bridgehead atoms. The van der Waals surface area contributed by atoms with E-state index in [1.54, 1.807) is 48.5 Å². The van der Waals surface area contributed by atoms with Crippen LogP contribution >= 0.6 is 11.6 Å². The minimum Gasteiger partial charge on any atom is -0.461 e. The molecule has 3 aromatic rings. The molecule has 1 amide bonds. The zero-order valence-corrected chi connectivity index (χ0v) is 16.9. The highest BCUT2D eigenvalue weighted by atomic mass is 35.5. The Morgan fingerprint density at radius 3 is 2.52 bits per heavy atom. The standard InChI is InChI=1S/C22H21ClN2O4/c1-25(2)12-13-28-22(27)15-6-8-18(9-7-15)24-21(26)20-11-10-19(29-20)16-4-3-5-17(23)14-16/h3-11,14H,12-13H2,1-2H3,(H,24,26). The van der Waals surface area contributed by atoms with Crippen LogP contribution in [0.3, 0.4) is 0 Å². The van der Waals surface area contributed by atoms with Crippen molar-refractivity contribution in [3.63, 3.8) is 0 Å². The fraction of sp³-hybridized carbons (Fsp3) is 0.182. The van der Waals surface area contributed by atoms with Crippen LogP contribution in [0.1, 0.15) is 20.9 Å². The van der Waals surface area contributed by atoms with Gasteiger partial charge in [0.1, 0.15) is 12.4 Å². The molecule has 29 heavy (non-hydrogen) atoms. The molecular formula is C22H21ClN2O4. The van der Waals surface area contributed by atoms with E-state index < -0.39 is 5.97 Å². The molecule has 0 spiro atoms. The van der Waals surface area contributed by atoms with Crippen molar-refractivity contribution in [2.24, 2.45) is 0 Å². The highest BCUT2D eigenvalue weighted by Gasteiger charge is 2.14. The Labute approximate surface area is 174 Å². The number of anilines is 1. The number of rotatable bonds is 7. The lowest BCUT2D eigenvalue weighted by molar-refractivity contribution is 0.0482. The van der Waals surface area contributed by atoms with E-state index in [9.17, 15) is 9.59 Å². The van der Waals surface area contributed by atoms with Gasteiger partial charge in [-0.25, -0.2) is 4.79 Å². The van der Waals surface area contributed by atoms with E-state index in [0.29, 0.717) is 35.2 Å². The maximum absolute atomic E-state index is 12.4. The van der Waals surface area contributed by atoms with Gasteiger partial charge in [0, 0.05) is 22.8 Å². The molecule has 6 nitrogen and oxygen atoms in total. The lowest BCUT2D eigenvalue weighted by Gasteiger charge is -2.10. The number of nitrogens with zero attached hydrogens (tertiary/aromatic N) is 1. The Balaban J connectivity index is 1.60. The number of furan rings is 1. The van der Waals surface area contributed by atoms with Gasteiger partial charge in [0.05, 0.1) is 5.56 Å². The molecule has 150 valence electrons. The fourth-order valence-electron chi connectivity index (χ4n) is 2.54. The van der Waals surface area contributed by atoms with Crippen LogP contribution in [0.4, 0.5) is 5.69 Å². The van der Waals surface area contributed by atoms with Gasteiger partial charge in [0.15, 0.2) is 5.76 Å². The Morgan fingerprint density at radius 2 is 1.83 bits per heavy atom. The van der Waals surface area contributed by atoms with Gasteiger partial charge >= 0.3 is 5.97 Å². The number of amides is 1. The molecule has 3 rings (SSSR count). The Morgan fingerprint density at radius 1 is 1.07 bits per heavy atom. The van der Waals surface area contributed by atoms with Crippen molar-refractivity contribution in [1.29, 1.82) is 0 Å². The lowest BCUT2D eigenvalue weighted by Crippen LogP contribution is -2.20. The van der Waals surface area contributed by atoms with E-state index >= 15 is 0 Å². The summed E-state index contributed by atoms with van der Waals surface area (Å²) >= 11 is 5.99. The molecule has 0 atom stereocenters. The lowest BCUT2D eigenvalue weighted by atomic mass is 10.2. The molecule has 0 fully saturated rings. The molecule has 0 radical (unpaired) electrons. The molecule has 0 aliphatic carbocycles. The van der Waals surface area contributed by atoms with Crippen LogP contribution in [0.5, 0.6) is 0 Å². The number of likely N-dealkylation sites (N-methyl/N-ethyl adjacent to an activating group) is 1. The van der Waals surface area contributed by atoms with E-state index in [0.717, 1.165) is 5.56 Å². The summed E-state index contributed by atoms with van der Waals surface area (Å²) in [7, 11) is 3.81. The summed E-state index contributed by atoms with van der Waals surface area (Å²) < 4.78 is 10.8. The van der Waals surface area contributed by atoms with Crippen molar-refractivity contribution in [1.82, 2.24) is 4.90 Å². The first-order chi connectivity index (χ1) is 13.9. The number of hydrogen-bond acceptors (Lipinski definition) is 5. The van der Waals surface area contributed by atoms with Crippen LogP contribution in [0.2, 0.25) is 5.02 Å². The third-order valence-corrected chi connectivity index (χ3v) is 4.32. The molecule has 2 aromatic carbocycles. The molecule has 1 heterocycles. The van der Waals surface area contributed by atoms with E-state index in [2.05, 4.69) is 5.32 Å². The Bertz CT molecular complexity index is 996. The first-order valence-corrected chi connectivity index (χ1v) is 9.39. The zero-order chi connectivity index (χ0) is 20.8. The van der Waals surface area contributed by atoms with Crippen LogP contribution in [-0.4, -0.2) is 44.0 Å². The van der Waals surface area contributed by atoms with Gasteiger partial charge in [-0.15, -0.1) is 0 Å². The zero-order valence-electron chi connectivity index (χ0n) is 16.1. The van der Waals surface area contributed by atoms with Crippen LogP contribution in [0.25, 0.3) is 11.3 Å². The SMILES string of the molecule is CN(C)CCOC(=O)c1ccc(NC(=O)c2ccc(-c3cccc(Cl)c3)o2)cc1. The molecule has 0 saturated carbocycles. The first kappa shape index (κ1) is 20.6. The number of esters is 1. The summed E-state index contributed by atoms with van der Waals surface area (Å²) in [6.07, 6.45) is 0. The molecule has 1 aromatic heterocycles. The molecular weight excluding hydrogens is 392 g/mol. The highest BCUT2D eigenvalue weighted by molar-refractivity contribution is 6.30. The Kier molecular flexibility index (Phi) is 6.69. The van der Waals surface area contributed by atoms with Crippen molar-refractivity contribution >= 4 is 29.2 Å². The minimum atomic E-state index is -0.401. The molecule has 7 heteroatoms. The maximum Gasteiger partial charge on any atom is 0.338 e. The summed E-state index contributed by atoms with van der Waals surface area (Å²) in [6, 6.07) is 17.0. The van der Waals surface area contributed by atoms with Crippen LogP contribution < -0.4 is 5.32 Å². The van der Waals surface area contributed by atoms with Gasteiger partial charge in [-0.05, 0) is 62.6 Å². The predicted molar refractivity (Wildman–Crippen MR) is 112 cm³/mol. The van der Waals surface area contributed by atoms with E-state index in [-0.39, 0.29) is 11.7 Å². The average molecular weight is 413 g/mol. The van der Waals surface area contributed by atoms with Crippen LogP contribution in [0, 0.1) is 0 Å². The van der Waals surface area contributed by atoms with Gasteiger partial charge in [-0.2, -0.15) is 0 Å². The van der Waals surface area contributed by atoms with Crippen LogP contribution in [0.15, 0.2) is 65.1 Å². The molecule has 0 aliphatic rings. The van der Waals surface area contributed by atoms with Crippen molar-refractivity contribution in [2.45, 2.75) is 0 Å². The van der Waals surface area contributed by atoms with Gasteiger partial charge in [0.2, 0.25) is 0 Å². The van der Waals surface area contributed by atoms with Gasteiger partial charge < -0.3 is 19.4 Å². The van der Waals surface area contributed by atoms with Crippen molar-refractivity contribution in [3.05, 3.63) is 77.0 Å². The quantitative estimate of drug-likeness (QED) is 0.575. The summed E-state index contributed by atoms with van der Waals surface area (Å²) in [5.74, 6) is -0.0675. The number of halogens is 1. The monoisotopic (exact) mass is 412 g/mol. The Hall–Kier alpha value is -3.09. The summed E-state index contributed by atoms with van der Waals surface area (Å²) in [4.78, 5) is 26.3. The van der Waals surface area contributed by atoms with Gasteiger partial charge in [-0.1, -0.05) is 23.7 Å². The minimum absolute atomic E-state index is 0.173. The first-order valence-electron chi connectivity index (χ1n) is 9.01. The average Bonchev–Trinajstić information content (AvgIpc) is 3.18. The molecule has 1 N–H and O–H groups in total. The third kappa shape index (κ3) is 5.70. The summed E-state index contributed by atoms with van der Waals surface area (Å²) in [5, 5.41) is 3.33. The largest absolute Gasteiger partial charge is 0.461 e. The molecule has 0 unspecified atom stereocenters. The summed E-state index contributed by atoms with van der Waals surface area (Å²) in [6.45, 7) is 0.970. The highest BCUT2D eigenvalue weighted by Crippen LogP contribution is 2.25. The number of carbonyl (C=O) groups is 2. The van der Waals surface area contributed by atoms with Crippen molar-refractivity contribution < 1.29 is 18.7 Å². The number of carbonyl (C=O) groups excluding carboxylic acids is 2.